The molecule has 13 nitrogen and oxygen atoms in total. The predicted molar refractivity (Wildman–Crippen MR) is 186 cm³/mol. The van der Waals surface area contributed by atoms with Crippen molar-refractivity contribution in [1.29, 1.82) is 0 Å². The molecule has 264 valence electrons. The minimum Gasteiger partial charge on any atom is -0.496 e. The van der Waals surface area contributed by atoms with Gasteiger partial charge in [-0.2, -0.15) is 4.98 Å². The summed E-state index contributed by atoms with van der Waals surface area (Å²) >= 11 is 0. The fraction of sp³-hybridized carbons (Fsp3) is 0.472. The zero-order valence-electron chi connectivity index (χ0n) is 28.4. The number of benzene rings is 2. The molecule has 0 unspecified atom stereocenters. The van der Waals surface area contributed by atoms with E-state index in [1.807, 2.05) is 61.5 Å². The first-order valence-electron chi connectivity index (χ1n) is 17.1. The van der Waals surface area contributed by atoms with E-state index in [9.17, 15) is 22.8 Å². The number of nitrogens with one attached hydrogen (secondary N) is 2. The van der Waals surface area contributed by atoms with E-state index in [0.717, 1.165) is 30.4 Å². The van der Waals surface area contributed by atoms with Gasteiger partial charge in [-0.25, -0.2) is 18.2 Å². The number of aromatic nitrogens is 2. The molecule has 7 rings (SSSR count). The molecule has 2 N–H and O–H groups in total. The molecule has 0 spiro atoms. The fourth-order valence-electron chi connectivity index (χ4n) is 6.92. The van der Waals surface area contributed by atoms with Crippen LogP contribution in [0.1, 0.15) is 50.5 Å². The van der Waals surface area contributed by atoms with Crippen LogP contribution in [-0.2, 0) is 19.6 Å². The van der Waals surface area contributed by atoms with E-state index in [-0.39, 0.29) is 31.3 Å². The summed E-state index contributed by atoms with van der Waals surface area (Å²) in [5, 5.41) is 2.97. The zero-order chi connectivity index (χ0) is 35.2. The lowest BCUT2D eigenvalue weighted by Crippen LogP contribution is -2.57. The second kappa shape index (κ2) is 13.2. The molecule has 3 heterocycles. The van der Waals surface area contributed by atoms with Crippen LogP contribution < -0.4 is 19.5 Å². The number of hydrogen-bond acceptors (Lipinski definition) is 9. The Kier molecular flexibility index (Phi) is 8.91. The number of ether oxygens (including phenoxy) is 2. The summed E-state index contributed by atoms with van der Waals surface area (Å²) in [6, 6.07) is 11.9. The van der Waals surface area contributed by atoms with Gasteiger partial charge in [0.1, 0.15) is 23.4 Å². The summed E-state index contributed by atoms with van der Waals surface area (Å²) in [6.07, 6.45) is 6.94. The Labute approximate surface area is 291 Å². The largest absolute Gasteiger partial charge is 0.496 e. The Morgan fingerprint density at radius 3 is 2.62 bits per heavy atom. The summed E-state index contributed by atoms with van der Waals surface area (Å²) in [7, 11) is -0.529. The Morgan fingerprint density at radius 1 is 1.10 bits per heavy atom. The van der Waals surface area contributed by atoms with Crippen LogP contribution >= 0.6 is 0 Å². The minimum atomic E-state index is -3.84. The smallest absolute Gasteiger partial charge is 0.320 e. The molecule has 4 atom stereocenters. The van der Waals surface area contributed by atoms with Crippen LogP contribution in [0.4, 0.5) is 4.79 Å². The molecule has 4 amide bonds. The Bertz CT molecular complexity index is 1970. The normalized spacial score (nSPS) is 26.3. The molecule has 1 aromatic heterocycles. The number of hydrogen-bond donors (Lipinski definition) is 2. The topological polar surface area (TPSA) is 160 Å². The first-order valence-corrected chi connectivity index (χ1v) is 18.7. The van der Waals surface area contributed by atoms with Crippen LogP contribution in [-0.4, -0.2) is 96.2 Å². The molecule has 14 heteroatoms. The molecule has 0 bridgehead atoms. The van der Waals surface area contributed by atoms with Crippen molar-refractivity contribution in [2.24, 2.45) is 5.92 Å². The number of fused-ring (bicyclic) bond motifs is 3. The second-order valence-electron chi connectivity index (χ2n) is 13.8. The van der Waals surface area contributed by atoms with Crippen molar-refractivity contribution in [2.75, 3.05) is 27.2 Å². The highest BCUT2D eigenvalue weighted by molar-refractivity contribution is 7.91. The summed E-state index contributed by atoms with van der Waals surface area (Å²) < 4.78 is 39.9. The highest BCUT2D eigenvalue weighted by Crippen LogP contribution is 2.46. The van der Waals surface area contributed by atoms with Gasteiger partial charge in [0, 0.05) is 37.6 Å². The summed E-state index contributed by atoms with van der Waals surface area (Å²) in [5.74, 6) is -0.223. The third-order valence-electron chi connectivity index (χ3n) is 10.1. The lowest BCUT2D eigenvalue weighted by Gasteiger charge is -2.30. The van der Waals surface area contributed by atoms with Crippen molar-refractivity contribution in [2.45, 2.75) is 74.8 Å². The average Bonchev–Trinajstić information content (AvgIpc) is 4.03. The van der Waals surface area contributed by atoms with Crippen LogP contribution in [0.3, 0.4) is 0 Å². The van der Waals surface area contributed by atoms with E-state index in [1.165, 1.54) is 4.90 Å². The van der Waals surface area contributed by atoms with Gasteiger partial charge in [-0.1, -0.05) is 42.5 Å². The summed E-state index contributed by atoms with van der Waals surface area (Å²) in [5.41, 5.74) is 0.839. The van der Waals surface area contributed by atoms with E-state index in [1.54, 1.807) is 19.1 Å². The van der Waals surface area contributed by atoms with Gasteiger partial charge in [-0.05, 0) is 57.1 Å². The molecular formula is C36H42N6O7S. The van der Waals surface area contributed by atoms with Gasteiger partial charge in [0.05, 0.1) is 29.8 Å². The van der Waals surface area contributed by atoms with Crippen molar-refractivity contribution in [3.8, 4) is 23.0 Å². The second-order valence-corrected chi connectivity index (χ2v) is 15.7. The molecule has 2 saturated carbocycles. The highest BCUT2D eigenvalue weighted by Gasteiger charge is 2.62. The summed E-state index contributed by atoms with van der Waals surface area (Å²) in [6.45, 7) is 2.52. The number of urea groups is 1. The number of amides is 4. The van der Waals surface area contributed by atoms with E-state index in [2.05, 4.69) is 10.0 Å². The van der Waals surface area contributed by atoms with Crippen molar-refractivity contribution >= 4 is 38.8 Å². The van der Waals surface area contributed by atoms with Gasteiger partial charge in [0.15, 0.2) is 5.82 Å². The fourth-order valence-corrected chi connectivity index (χ4v) is 8.28. The van der Waals surface area contributed by atoms with Gasteiger partial charge in [0.2, 0.25) is 21.8 Å². The summed E-state index contributed by atoms with van der Waals surface area (Å²) in [4.78, 5) is 54.3. The molecule has 2 aliphatic heterocycles. The number of methoxy groups -OCH3 is 1. The van der Waals surface area contributed by atoms with Crippen LogP contribution in [0.25, 0.3) is 22.3 Å². The molecule has 0 radical (unpaired) electrons. The maximum atomic E-state index is 14.2. The first-order chi connectivity index (χ1) is 24.0. The molecule has 50 heavy (non-hydrogen) atoms. The Hall–Kier alpha value is -4.72. The molecule has 3 fully saturated rings. The van der Waals surface area contributed by atoms with Crippen LogP contribution in [0.5, 0.6) is 11.6 Å². The highest BCUT2D eigenvalue weighted by atomic mass is 32.2. The number of carbonyl (C=O) groups excluding carboxylic acids is 3. The third kappa shape index (κ3) is 6.60. The first kappa shape index (κ1) is 33.8. The Morgan fingerprint density at radius 2 is 1.88 bits per heavy atom. The quantitative estimate of drug-likeness (QED) is 0.350. The van der Waals surface area contributed by atoms with Crippen molar-refractivity contribution in [3.05, 3.63) is 60.2 Å². The zero-order valence-corrected chi connectivity index (χ0v) is 29.2. The lowest BCUT2D eigenvalue weighted by atomic mass is 10.1. The molecule has 4 aliphatic rings. The number of sulfonamides is 1. The number of rotatable bonds is 7. The molecule has 1 saturated heterocycles. The number of carbonyl (C=O) groups is 3. The minimum absolute atomic E-state index is 0.0984. The van der Waals surface area contributed by atoms with Crippen molar-refractivity contribution in [3.63, 3.8) is 0 Å². The Balaban J connectivity index is 1.21. The van der Waals surface area contributed by atoms with Crippen molar-refractivity contribution in [1.82, 2.24) is 29.8 Å². The lowest BCUT2D eigenvalue weighted by molar-refractivity contribution is -0.131. The predicted octanol–water partition coefficient (Wildman–Crippen LogP) is 3.71. The molecule has 2 aliphatic carbocycles. The van der Waals surface area contributed by atoms with Crippen LogP contribution in [0.2, 0.25) is 0 Å². The molecule has 2 aromatic carbocycles. The van der Waals surface area contributed by atoms with Crippen LogP contribution in [0, 0.1) is 12.8 Å². The SMILES string of the molecule is COc1cc2nc(-c3ccccc3)nc(O[C@@H]3C[C@H]4C(=O)N[C@]5(C(=O)NS(=O)(=O)C6CC6)C[C@H]5/C=C\CCCCN(C)C(=O)N4C3)c2cc1C. The van der Waals surface area contributed by atoms with Gasteiger partial charge < -0.3 is 24.6 Å². The third-order valence-corrected chi connectivity index (χ3v) is 11.9. The average molecular weight is 703 g/mol. The van der Waals surface area contributed by atoms with Gasteiger partial charge in [0.25, 0.3) is 5.91 Å². The molecule has 3 aromatic rings. The number of nitrogens with zero attached hydrogens (tertiary/aromatic N) is 4. The van der Waals surface area contributed by atoms with E-state index >= 15 is 0 Å². The van der Waals surface area contributed by atoms with E-state index in [0.29, 0.717) is 47.7 Å². The number of allylic oxidation sites excluding steroid dienone is 1. The molecular weight excluding hydrogens is 660 g/mol. The maximum absolute atomic E-state index is 14.2. The number of aryl methyl sites for hydroxylation is 1. The van der Waals surface area contributed by atoms with Gasteiger partial charge >= 0.3 is 6.03 Å². The van der Waals surface area contributed by atoms with E-state index in [4.69, 9.17) is 19.4 Å². The van der Waals surface area contributed by atoms with Crippen molar-refractivity contribution < 1.29 is 32.3 Å². The maximum Gasteiger partial charge on any atom is 0.320 e. The van der Waals surface area contributed by atoms with Gasteiger partial charge in [-0.3, -0.25) is 14.3 Å². The van der Waals surface area contributed by atoms with Crippen LogP contribution in [0.15, 0.2) is 54.6 Å². The monoisotopic (exact) mass is 702 g/mol. The standard InChI is InChI=1S/C36H42N6O7S/c1-22-17-27-28(19-30(22)48-3)37-31(23-11-7-6-8-12-23)38-33(27)49-25-18-29-32(43)39-36(34(44)40-50(46,47)26-14-15-26)20-24(36)13-9-4-5-10-16-41(2)35(45)42(29)21-25/h6-9,11-13,17,19,24-26,29H,4-5,10,14-16,18,20-21H2,1-3H3,(H,39,43)(H,40,44)/b13-9-/t24-,25-,29+,36-/m1/s1. The van der Waals surface area contributed by atoms with Gasteiger partial charge in [-0.15, -0.1) is 0 Å². The van der Waals surface area contributed by atoms with E-state index < -0.39 is 44.8 Å².